The Morgan fingerprint density at radius 1 is 1.00 bits per heavy atom. The van der Waals surface area contributed by atoms with Gasteiger partial charge in [-0.05, 0) is 0 Å². The van der Waals surface area contributed by atoms with Crippen LogP contribution in [0.25, 0.3) is 10.8 Å². The fraction of sp³-hybridized carbons (Fsp3) is 0.250. The first-order valence-corrected chi connectivity index (χ1v) is 8.24. The minimum Gasteiger partial charge on any atom is -1.00 e. The maximum absolute atomic E-state index is 2.40. The number of fused-ring (bicyclic) bond motifs is 1. The summed E-state index contributed by atoms with van der Waals surface area (Å²) in [7, 11) is -1.15. The van der Waals surface area contributed by atoms with Crippen LogP contribution in [-0.2, 0) is 21.7 Å². The van der Waals surface area contributed by atoms with Gasteiger partial charge < -0.3 is 24.8 Å². The van der Waals surface area contributed by atoms with Crippen LogP contribution in [0.5, 0.6) is 0 Å². The molecule has 2 aromatic rings. The topological polar surface area (TPSA) is 0 Å². The van der Waals surface area contributed by atoms with Crippen LogP contribution < -0.4 is 30.0 Å². The van der Waals surface area contributed by atoms with Crippen molar-refractivity contribution in [2.45, 2.75) is 19.6 Å². The Morgan fingerprint density at radius 3 is 2.12 bits per heavy atom. The molecule has 2 aromatic carbocycles. The SMILES string of the molecule is C[Si](C)(C)c1c[cH-]c2ccccc12.[Cl-].[Cl-].[Ti+3]. The maximum Gasteiger partial charge on any atom is 3.00 e. The quantitative estimate of drug-likeness (QED) is 0.392. The van der Waals surface area contributed by atoms with E-state index in [1.54, 1.807) is 5.19 Å². The summed E-state index contributed by atoms with van der Waals surface area (Å²) < 4.78 is 0. The van der Waals surface area contributed by atoms with Gasteiger partial charge in [-0.3, -0.25) is 0 Å². The fourth-order valence-electron chi connectivity index (χ4n) is 1.80. The van der Waals surface area contributed by atoms with Crippen LogP contribution in [0.1, 0.15) is 0 Å². The normalized spacial score (nSPS) is 9.94. The molecular weight excluding hydrogens is 291 g/mol. The Bertz CT molecular complexity index is 432. The summed E-state index contributed by atoms with van der Waals surface area (Å²) in [5.41, 5.74) is 0. The molecule has 0 aromatic heterocycles. The Hall–Kier alpha value is 0.341. The molecule has 16 heavy (non-hydrogen) atoms. The molecule has 0 heterocycles. The van der Waals surface area contributed by atoms with Crippen LogP contribution in [0.4, 0.5) is 0 Å². The Morgan fingerprint density at radius 2 is 1.56 bits per heavy atom. The van der Waals surface area contributed by atoms with E-state index >= 15 is 0 Å². The number of hydrogen-bond acceptors (Lipinski definition) is 0. The van der Waals surface area contributed by atoms with E-state index in [9.17, 15) is 0 Å². The van der Waals surface area contributed by atoms with Crippen molar-refractivity contribution in [2.75, 3.05) is 0 Å². The summed E-state index contributed by atoms with van der Waals surface area (Å²) in [5, 5.41) is 4.43. The van der Waals surface area contributed by atoms with E-state index < -0.39 is 8.07 Å². The molecule has 0 amide bonds. The van der Waals surface area contributed by atoms with E-state index in [0.717, 1.165) is 0 Å². The molecule has 0 aliphatic rings. The summed E-state index contributed by atoms with van der Waals surface area (Å²) in [6, 6.07) is 13.2. The molecule has 0 saturated carbocycles. The second-order valence-corrected chi connectivity index (χ2v) is 9.62. The average Bonchev–Trinajstić information content (AvgIpc) is 2.45. The molecular formula is C12H15Cl2SiTi. The van der Waals surface area contributed by atoms with E-state index in [1.165, 1.54) is 10.8 Å². The smallest absolute Gasteiger partial charge is 1.00 e. The Labute approximate surface area is 126 Å². The van der Waals surface area contributed by atoms with Gasteiger partial charge in [-0.15, -0.1) is 29.7 Å². The van der Waals surface area contributed by atoms with Gasteiger partial charge in [0.15, 0.2) is 0 Å². The molecule has 0 bridgehead atoms. The van der Waals surface area contributed by atoms with E-state index in [2.05, 4.69) is 56.0 Å². The van der Waals surface area contributed by atoms with E-state index in [0.29, 0.717) is 0 Å². The van der Waals surface area contributed by atoms with Crippen molar-refractivity contribution < 1.29 is 46.5 Å². The van der Waals surface area contributed by atoms with Crippen molar-refractivity contribution in [2.24, 2.45) is 0 Å². The van der Waals surface area contributed by atoms with Crippen molar-refractivity contribution in [3.8, 4) is 0 Å². The van der Waals surface area contributed by atoms with E-state index in [1.807, 2.05) is 0 Å². The molecule has 0 aliphatic heterocycles. The first-order valence-electron chi connectivity index (χ1n) is 4.74. The van der Waals surface area contributed by atoms with Crippen molar-refractivity contribution in [3.05, 3.63) is 36.4 Å². The van der Waals surface area contributed by atoms with Crippen LogP contribution in [0.15, 0.2) is 36.4 Å². The van der Waals surface area contributed by atoms with Gasteiger partial charge in [-0.2, -0.15) is 16.6 Å². The molecule has 4 heteroatoms. The average molecular weight is 306 g/mol. The zero-order valence-electron chi connectivity index (χ0n) is 9.72. The van der Waals surface area contributed by atoms with Gasteiger partial charge in [0.1, 0.15) is 0 Å². The maximum atomic E-state index is 2.40. The number of rotatable bonds is 1. The van der Waals surface area contributed by atoms with E-state index in [-0.39, 0.29) is 46.5 Å². The van der Waals surface area contributed by atoms with Crippen molar-refractivity contribution >= 4 is 24.0 Å². The van der Waals surface area contributed by atoms with Gasteiger partial charge in [-0.1, -0.05) is 25.7 Å². The third-order valence-corrected chi connectivity index (χ3v) is 4.54. The predicted molar refractivity (Wildman–Crippen MR) is 62.5 cm³/mol. The molecule has 0 fully saturated rings. The first-order chi connectivity index (χ1) is 6.09. The summed E-state index contributed by atoms with van der Waals surface area (Å²) >= 11 is 0. The van der Waals surface area contributed by atoms with E-state index in [4.69, 9.17) is 0 Å². The van der Waals surface area contributed by atoms with Crippen molar-refractivity contribution in [1.29, 1.82) is 0 Å². The third-order valence-electron chi connectivity index (χ3n) is 2.49. The minimum absolute atomic E-state index is 0. The summed E-state index contributed by atoms with van der Waals surface area (Å²) in [4.78, 5) is 0. The van der Waals surface area contributed by atoms with Crippen LogP contribution in [0, 0.1) is 0 Å². The molecule has 85 valence electrons. The van der Waals surface area contributed by atoms with Crippen molar-refractivity contribution in [1.82, 2.24) is 0 Å². The summed E-state index contributed by atoms with van der Waals surface area (Å²) in [6.45, 7) is 7.19. The fourth-order valence-corrected chi connectivity index (χ4v) is 3.42. The summed E-state index contributed by atoms with van der Waals surface area (Å²) in [5.74, 6) is 0. The Kier molecular flexibility index (Phi) is 8.10. The number of benzene rings is 1. The van der Waals surface area contributed by atoms with Crippen LogP contribution in [0.2, 0.25) is 19.6 Å². The van der Waals surface area contributed by atoms with Gasteiger partial charge in [0.25, 0.3) is 0 Å². The second kappa shape index (κ2) is 6.93. The molecule has 0 atom stereocenters. The molecule has 2 rings (SSSR count). The first kappa shape index (κ1) is 18.7. The Balaban J connectivity index is 0. The largest absolute Gasteiger partial charge is 3.00 e. The number of hydrogen-bond donors (Lipinski definition) is 0. The zero-order chi connectivity index (χ0) is 9.47. The molecule has 0 N–H and O–H groups in total. The van der Waals surface area contributed by atoms with Gasteiger partial charge in [0.2, 0.25) is 0 Å². The van der Waals surface area contributed by atoms with Crippen LogP contribution in [0.3, 0.4) is 0 Å². The third kappa shape index (κ3) is 3.68. The molecule has 0 unspecified atom stereocenters. The molecule has 0 spiro atoms. The monoisotopic (exact) mass is 305 g/mol. The zero-order valence-corrected chi connectivity index (χ0v) is 13.8. The van der Waals surface area contributed by atoms with Gasteiger partial charge in [-0.25, -0.2) is 0 Å². The van der Waals surface area contributed by atoms with Gasteiger partial charge in [0, 0.05) is 8.07 Å². The van der Waals surface area contributed by atoms with Crippen LogP contribution in [-0.4, -0.2) is 8.07 Å². The van der Waals surface area contributed by atoms with Crippen LogP contribution >= 0.6 is 0 Å². The number of halogens is 2. The standard InChI is InChI=1S/C12H15Si.2ClH.Ti/c1-13(2,3)12-9-8-10-6-4-5-7-11(10)12;;;/h4-9H,1-3H3;2*1H;/q-1;;;+3/p-2. The predicted octanol–water partition coefficient (Wildman–Crippen LogP) is -2.89. The molecule has 0 aliphatic carbocycles. The second-order valence-electron chi connectivity index (χ2n) is 4.58. The summed E-state index contributed by atoms with van der Waals surface area (Å²) in [6.07, 6.45) is 0. The van der Waals surface area contributed by atoms with Gasteiger partial charge >= 0.3 is 21.7 Å². The minimum atomic E-state index is -1.15. The van der Waals surface area contributed by atoms with Gasteiger partial charge in [0.05, 0.1) is 0 Å². The van der Waals surface area contributed by atoms with Crippen molar-refractivity contribution in [3.63, 3.8) is 0 Å². The molecule has 0 nitrogen and oxygen atoms in total. The molecule has 1 radical (unpaired) electrons. The molecule has 0 saturated heterocycles.